The summed E-state index contributed by atoms with van der Waals surface area (Å²) in [6, 6.07) is 0.217. The van der Waals surface area contributed by atoms with Gasteiger partial charge in [-0.15, -0.1) is 5.10 Å². The smallest absolute Gasteiger partial charge is 0.276 e. The van der Waals surface area contributed by atoms with Crippen LogP contribution < -0.4 is 0 Å². The summed E-state index contributed by atoms with van der Waals surface area (Å²) in [6.07, 6.45) is 7.24. The van der Waals surface area contributed by atoms with E-state index in [9.17, 15) is 13.2 Å². The first-order valence-corrected chi connectivity index (χ1v) is 11.6. The Morgan fingerprint density at radius 3 is 2.37 bits per heavy atom. The number of carbonyl (C=O) groups is 1. The maximum atomic E-state index is 12.5. The molecule has 0 aromatic carbocycles. The van der Waals surface area contributed by atoms with E-state index in [1.807, 2.05) is 18.5 Å². The molecule has 3 aliphatic rings. The van der Waals surface area contributed by atoms with E-state index in [-0.39, 0.29) is 22.6 Å². The third-order valence-corrected chi connectivity index (χ3v) is 9.14. The Labute approximate surface area is 160 Å². The topological polar surface area (TPSA) is 88.4 Å². The number of nitrogens with zero attached hydrogens (tertiary/aromatic N) is 5. The average Bonchev–Trinajstić information content (AvgIpc) is 3.42. The Bertz CT molecular complexity index is 805. The first-order chi connectivity index (χ1) is 12.9. The van der Waals surface area contributed by atoms with Crippen molar-refractivity contribution in [2.24, 2.45) is 5.41 Å². The first-order valence-electron chi connectivity index (χ1n) is 10.1. The van der Waals surface area contributed by atoms with Gasteiger partial charge in [0.05, 0.1) is 17.5 Å². The lowest BCUT2D eigenvalue weighted by Gasteiger charge is -2.53. The molecule has 3 fully saturated rings. The van der Waals surface area contributed by atoms with Gasteiger partial charge in [0.15, 0.2) is 5.69 Å². The van der Waals surface area contributed by atoms with Gasteiger partial charge in [0.2, 0.25) is 10.0 Å². The zero-order valence-electron chi connectivity index (χ0n) is 16.2. The van der Waals surface area contributed by atoms with E-state index in [2.05, 4.69) is 10.3 Å². The highest BCUT2D eigenvalue weighted by Gasteiger charge is 2.52. The number of carbonyl (C=O) groups excluding carboxylic acids is 1. The number of aromatic nitrogens is 3. The van der Waals surface area contributed by atoms with E-state index >= 15 is 0 Å². The number of sulfonamides is 1. The van der Waals surface area contributed by atoms with Crippen molar-refractivity contribution in [2.75, 3.05) is 26.2 Å². The Balaban J connectivity index is 1.44. The quantitative estimate of drug-likeness (QED) is 0.731. The van der Waals surface area contributed by atoms with Gasteiger partial charge in [-0.2, -0.15) is 0 Å². The minimum Gasteiger partial charge on any atom is -0.338 e. The summed E-state index contributed by atoms with van der Waals surface area (Å²) in [4.78, 5) is 14.2. The minimum atomic E-state index is -3.08. The third-order valence-electron chi connectivity index (χ3n) is 6.75. The molecule has 1 spiro atoms. The third kappa shape index (κ3) is 3.18. The largest absolute Gasteiger partial charge is 0.338 e. The lowest BCUT2D eigenvalue weighted by Crippen LogP contribution is -2.51. The molecular formula is C18H29N5O3S. The van der Waals surface area contributed by atoms with E-state index < -0.39 is 10.0 Å². The number of piperidine rings is 1. The van der Waals surface area contributed by atoms with Crippen molar-refractivity contribution in [3.63, 3.8) is 0 Å². The van der Waals surface area contributed by atoms with Gasteiger partial charge in [-0.1, -0.05) is 5.21 Å². The van der Waals surface area contributed by atoms with Crippen molar-refractivity contribution in [3.8, 4) is 0 Å². The summed E-state index contributed by atoms with van der Waals surface area (Å²) in [5.41, 5.74) is 0.494. The SMILES string of the molecule is CCN(CC)C(=O)c1cn(C2CCC23CCN(S(=O)(=O)C2CC2)CC3)nn1. The highest BCUT2D eigenvalue weighted by atomic mass is 32.2. The molecule has 8 nitrogen and oxygen atoms in total. The molecule has 1 atom stereocenters. The van der Waals surface area contributed by atoms with E-state index in [0.717, 1.165) is 38.5 Å². The van der Waals surface area contributed by atoms with Crippen LogP contribution in [0.2, 0.25) is 0 Å². The van der Waals surface area contributed by atoms with Gasteiger partial charge in [0, 0.05) is 26.2 Å². The van der Waals surface area contributed by atoms with Crippen LogP contribution in [0.5, 0.6) is 0 Å². The molecule has 1 aliphatic heterocycles. The van der Waals surface area contributed by atoms with Crippen LogP contribution in [0.15, 0.2) is 6.20 Å². The molecule has 1 unspecified atom stereocenters. The summed E-state index contributed by atoms with van der Waals surface area (Å²) < 4.78 is 28.5. The molecule has 0 bridgehead atoms. The number of rotatable bonds is 6. The molecule has 1 amide bonds. The van der Waals surface area contributed by atoms with Gasteiger partial charge >= 0.3 is 0 Å². The van der Waals surface area contributed by atoms with Crippen LogP contribution in [0.4, 0.5) is 0 Å². The molecule has 2 heterocycles. The van der Waals surface area contributed by atoms with Crippen LogP contribution in [0, 0.1) is 5.41 Å². The van der Waals surface area contributed by atoms with Crippen molar-refractivity contribution in [1.82, 2.24) is 24.2 Å². The zero-order chi connectivity index (χ0) is 19.2. The second kappa shape index (κ2) is 6.84. The fourth-order valence-electron chi connectivity index (χ4n) is 4.64. The Morgan fingerprint density at radius 2 is 1.85 bits per heavy atom. The van der Waals surface area contributed by atoms with E-state index in [1.54, 1.807) is 15.4 Å². The average molecular weight is 396 g/mol. The second-order valence-electron chi connectivity index (χ2n) is 8.12. The van der Waals surface area contributed by atoms with E-state index in [0.29, 0.717) is 31.9 Å². The molecule has 1 aromatic rings. The maximum Gasteiger partial charge on any atom is 0.276 e. The van der Waals surface area contributed by atoms with Gasteiger partial charge in [0.25, 0.3) is 5.91 Å². The Morgan fingerprint density at radius 1 is 1.19 bits per heavy atom. The van der Waals surface area contributed by atoms with E-state index in [1.165, 1.54) is 0 Å². The molecule has 0 radical (unpaired) electrons. The molecule has 9 heteroatoms. The monoisotopic (exact) mass is 395 g/mol. The van der Waals surface area contributed by atoms with E-state index in [4.69, 9.17) is 0 Å². The molecule has 1 aromatic heterocycles. The van der Waals surface area contributed by atoms with Gasteiger partial charge in [-0.05, 0) is 57.8 Å². The second-order valence-corrected chi connectivity index (χ2v) is 10.3. The highest BCUT2D eigenvalue weighted by molar-refractivity contribution is 7.90. The molecule has 150 valence electrons. The van der Waals surface area contributed by atoms with Gasteiger partial charge < -0.3 is 4.90 Å². The Hall–Kier alpha value is -1.48. The van der Waals surface area contributed by atoms with Gasteiger partial charge in [0.1, 0.15) is 0 Å². The first kappa shape index (κ1) is 18.9. The predicted molar refractivity (Wildman–Crippen MR) is 101 cm³/mol. The number of amides is 1. The van der Waals surface area contributed by atoms with Crippen molar-refractivity contribution in [3.05, 3.63) is 11.9 Å². The molecule has 1 saturated heterocycles. The fourth-order valence-corrected chi connectivity index (χ4v) is 6.49. The normalized spacial score (nSPS) is 25.3. The van der Waals surface area contributed by atoms with Crippen molar-refractivity contribution < 1.29 is 13.2 Å². The van der Waals surface area contributed by atoms with Crippen LogP contribution in [0.3, 0.4) is 0 Å². The molecule has 2 aliphatic carbocycles. The molecular weight excluding hydrogens is 366 g/mol. The molecule has 0 N–H and O–H groups in total. The van der Waals surface area contributed by atoms with Crippen LogP contribution in [0.25, 0.3) is 0 Å². The number of hydrogen-bond donors (Lipinski definition) is 0. The summed E-state index contributed by atoms with van der Waals surface area (Å²) in [7, 11) is -3.08. The standard InChI is InChI=1S/C18H29N5O3S/c1-3-21(4-2)17(24)15-13-23(20-19-15)16-7-8-18(16)9-11-22(12-10-18)27(25,26)14-5-6-14/h13-14,16H,3-12H2,1-2H3. The Kier molecular flexibility index (Phi) is 4.78. The summed E-state index contributed by atoms with van der Waals surface area (Å²) >= 11 is 0. The van der Waals surface area contributed by atoms with Crippen LogP contribution in [-0.2, 0) is 10.0 Å². The zero-order valence-corrected chi connectivity index (χ0v) is 17.0. The molecule has 27 heavy (non-hydrogen) atoms. The van der Waals surface area contributed by atoms with Crippen LogP contribution >= 0.6 is 0 Å². The summed E-state index contributed by atoms with van der Waals surface area (Å²) in [5.74, 6) is -0.0787. The summed E-state index contributed by atoms with van der Waals surface area (Å²) in [6.45, 7) is 6.43. The predicted octanol–water partition coefficient (Wildman–Crippen LogP) is 1.67. The minimum absolute atomic E-state index is 0.0787. The maximum absolute atomic E-state index is 12.5. The lowest BCUT2D eigenvalue weighted by atomic mass is 9.59. The van der Waals surface area contributed by atoms with Crippen molar-refractivity contribution in [2.45, 2.75) is 63.7 Å². The van der Waals surface area contributed by atoms with Crippen molar-refractivity contribution >= 4 is 15.9 Å². The van der Waals surface area contributed by atoms with Crippen molar-refractivity contribution in [1.29, 1.82) is 0 Å². The van der Waals surface area contributed by atoms with Gasteiger partial charge in [-0.3, -0.25) is 4.79 Å². The summed E-state index contributed by atoms with van der Waals surface area (Å²) in [5, 5.41) is 8.24. The lowest BCUT2D eigenvalue weighted by molar-refractivity contribution is -0.0160. The highest BCUT2D eigenvalue weighted by Crippen LogP contribution is 2.56. The molecule has 2 saturated carbocycles. The van der Waals surface area contributed by atoms with Gasteiger partial charge in [-0.25, -0.2) is 17.4 Å². The van der Waals surface area contributed by atoms with Crippen LogP contribution in [-0.4, -0.2) is 70.0 Å². The van der Waals surface area contributed by atoms with Crippen LogP contribution in [0.1, 0.15) is 68.9 Å². The number of hydrogen-bond acceptors (Lipinski definition) is 5. The molecule has 4 rings (SSSR count). The fraction of sp³-hybridized carbons (Fsp3) is 0.833.